The molecule has 16 nitrogen and oxygen atoms in total. The van der Waals surface area contributed by atoms with E-state index in [4.69, 9.17) is 27.4 Å². The number of thiophene rings is 1. The van der Waals surface area contributed by atoms with E-state index in [-0.39, 0.29) is 48.0 Å². The van der Waals surface area contributed by atoms with Crippen LogP contribution in [0.4, 0.5) is 10.7 Å². The quantitative estimate of drug-likeness (QED) is 0.0695. The summed E-state index contributed by atoms with van der Waals surface area (Å²) in [7, 11) is 0. The van der Waals surface area contributed by atoms with E-state index in [0.29, 0.717) is 67.0 Å². The maximum atomic E-state index is 13.3. The van der Waals surface area contributed by atoms with Crippen molar-refractivity contribution in [1.29, 1.82) is 10.8 Å². The minimum Gasteiger partial charge on any atom is -0.384 e. The summed E-state index contributed by atoms with van der Waals surface area (Å²) in [6.07, 6.45) is 1.48. The first-order chi connectivity index (χ1) is 28.7. The number of amidine groups is 2. The maximum Gasteiger partial charge on any atom is 0.298 e. The molecule has 0 saturated carbocycles. The SMILES string of the molecule is CC(=N)N1C(=N)[C@H](C#CC(=O)N2CCN(NC(=O)CCCCNc3cccc4c3C(=O)N([C@H]3CCC(=O)NC3=O)C4=O)CC2)N=C(c2ccc(Cl)cc2)c2c1sc(C)c2C. The van der Waals surface area contributed by atoms with Crippen LogP contribution in [0.3, 0.4) is 0 Å². The summed E-state index contributed by atoms with van der Waals surface area (Å²) in [5, 5.41) is 26.1. The average molecular weight is 851 g/mol. The van der Waals surface area contributed by atoms with Gasteiger partial charge in [-0.3, -0.25) is 65.1 Å². The number of hydrogen-bond acceptors (Lipinski definition) is 12. The van der Waals surface area contributed by atoms with Crippen molar-refractivity contribution < 1.29 is 28.8 Å². The lowest BCUT2D eigenvalue weighted by atomic mass is 10.00. The molecular formula is C42H43ClN10O6S. The van der Waals surface area contributed by atoms with Crippen LogP contribution >= 0.6 is 22.9 Å². The Labute approximate surface area is 355 Å². The number of unbranched alkanes of at least 4 members (excludes halogenated alkanes) is 1. The highest BCUT2D eigenvalue weighted by molar-refractivity contribution is 7.17. The van der Waals surface area contributed by atoms with Crippen LogP contribution in [0, 0.1) is 36.5 Å². The first kappa shape index (κ1) is 41.9. The van der Waals surface area contributed by atoms with Crippen molar-refractivity contribution in [1.82, 2.24) is 25.6 Å². The summed E-state index contributed by atoms with van der Waals surface area (Å²) in [6, 6.07) is 10.0. The highest BCUT2D eigenvalue weighted by atomic mass is 35.5. The van der Waals surface area contributed by atoms with Gasteiger partial charge in [-0.15, -0.1) is 11.3 Å². The molecule has 2 aromatic carbocycles. The Hall–Kier alpha value is -6.22. The van der Waals surface area contributed by atoms with Crippen LogP contribution in [0.5, 0.6) is 0 Å². The van der Waals surface area contributed by atoms with Crippen LogP contribution in [0.25, 0.3) is 0 Å². The van der Waals surface area contributed by atoms with E-state index in [1.165, 1.54) is 22.3 Å². The number of hydrazine groups is 1. The number of nitrogens with zero attached hydrogens (tertiary/aromatic N) is 5. The van der Waals surface area contributed by atoms with Crippen LogP contribution in [0.15, 0.2) is 47.5 Å². The normalized spacial score (nSPS) is 19.2. The highest BCUT2D eigenvalue weighted by Crippen LogP contribution is 2.40. The molecule has 2 fully saturated rings. The topological polar surface area (TPSA) is 212 Å². The molecule has 60 heavy (non-hydrogen) atoms. The van der Waals surface area contributed by atoms with Gasteiger partial charge in [0.15, 0.2) is 6.04 Å². The third-order valence-electron chi connectivity index (χ3n) is 10.8. The fourth-order valence-corrected chi connectivity index (χ4v) is 8.90. The summed E-state index contributed by atoms with van der Waals surface area (Å²) in [4.78, 5) is 86.6. The lowest BCUT2D eigenvalue weighted by molar-refractivity contribution is -0.136. The predicted octanol–water partition coefficient (Wildman–Crippen LogP) is 3.88. The zero-order chi connectivity index (χ0) is 42.8. The molecule has 6 amide bonds. The number of nitrogens with one attached hydrogen (secondary N) is 5. The fraction of sp³-hybridized carbons (Fsp3) is 0.357. The number of imide groups is 2. The second kappa shape index (κ2) is 17.6. The lowest BCUT2D eigenvalue weighted by Crippen LogP contribution is -2.54. The number of amides is 6. The molecule has 0 unspecified atom stereocenters. The smallest absolute Gasteiger partial charge is 0.298 e. The number of fused-ring (bicyclic) bond motifs is 2. The van der Waals surface area contributed by atoms with E-state index in [2.05, 4.69) is 27.9 Å². The Morgan fingerprint density at radius 3 is 2.43 bits per heavy atom. The molecule has 5 heterocycles. The molecule has 1 aromatic heterocycles. The van der Waals surface area contributed by atoms with E-state index < -0.39 is 41.6 Å². The van der Waals surface area contributed by atoms with Crippen molar-refractivity contribution in [3.05, 3.63) is 80.2 Å². The number of aryl methyl sites for hydroxylation is 1. The summed E-state index contributed by atoms with van der Waals surface area (Å²) in [5.74, 6) is 2.87. The summed E-state index contributed by atoms with van der Waals surface area (Å²) >= 11 is 7.67. The van der Waals surface area contributed by atoms with Gasteiger partial charge >= 0.3 is 0 Å². The minimum atomic E-state index is -1.05. The molecule has 3 aromatic rings. The highest BCUT2D eigenvalue weighted by Gasteiger charge is 2.45. The number of benzene rings is 2. The molecule has 4 aliphatic heterocycles. The van der Waals surface area contributed by atoms with Gasteiger partial charge in [-0.05, 0) is 75.8 Å². The third kappa shape index (κ3) is 8.44. The van der Waals surface area contributed by atoms with Gasteiger partial charge in [0.25, 0.3) is 17.7 Å². The van der Waals surface area contributed by atoms with Crippen LogP contribution in [0.1, 0.15) is 81.3 Å². The lowest BCUT2D eigenvalue weighted by Gasteiger charge is -2.33. The molecule has 7 rings (SSSR count). The van der Waals surface area contributed by atoms with Gasteiger partial charge in [0.2, 0.25) is 17.7 Å². The molecule has 2 atom stereocenters. The minimum absolute atomic E-state index is 0.0221. The number of halogens is 1. The van der Waals surface area contributed by atoms with Crippen molar-refractivity contribution in [2.24, 2.45) is 4.99 Å². The van der Waals surface area contributed by atoms with Gasteiger partial charge in [0.1, 0.15) is 22.7 Å². The number of hydrogen-bond donors (Lipinski definition) is 5. The number of carbonyl (C=O) groups is 6. The molecule has 310 valence electrons. The van der Waals surface area contributed by atoms with Gasteiger partial charge < -0.3 is 10.2 Å². The summed E-state index contributed by atoms with van der Waals surface area (Å²) < 4.78 is 0. The Morgan fingerprint density at radius 2 is 1.73 bits per heavy atom. The zero-order valence-electron chi connectivity index (χ0n) is 33.2. The van der Waals surface area contributed by atoms with E-state index in [9.17, 15) is 28.8 Å². The molecule has 4 aliphatic rings. The fourth-order valence-electron chi connectivity index (χ4n) is 7.55. The molecule has 0 bridgehead atoms. The van der Waals surface area contributed by atoms with E-state index in [1.807, 2.05) is 26.0 Å². The van der Waals surface area contributed by atoms with Crippen LogP contribution in [0.2, 0.25) is 5.02 Å². The largest absolute Gasteiger partial charge is 0.384 e. The monoisotopic (exact) mass is 850 g/mol. The van der Waals surface area contributed by atoms with Gasteiger partial charge in [-0.2, -0.15) is 0 Å². The number of aliphatic imine (C=N–C) groups is 1. The average Bonchev–Trinajstić information content (AvgIpc) is 3.59. The number of carbonyl (C=O) groups excluding carboxylic acids is 6. The van der Waals surface area contributed by atoms with Crippen molar-refractivity contribution in [3.8, 4) is 11.8 Å². The van der Waals surface area contributed by atoms with Crippen LogP contribution in [-0.4, -0.2) is 112 Å². The molecule has 2 saturated heterocycles. The van der Waals surface area contributed by atoms with Crippen molar-refractivity contribution in [3.63, 3.8) is 0 Å². The predicted molar refractivity (Wildman–Crippen MR) is 228 cm³/mol. The van der Waals surface area contributed by atoms with Crippen LogP contribution < -0.4 is 21.0 Å². The van der Waals surface area contributed by atoms with Crippen molar-refractivity contribution >= 4 is 86.5 Å². The molecule has 0 spiro atoms. The summed E-state index contributed by atoms with van der Waals surface area (Å²) in [6.45, 7) is 7.44. The zero-order valence-corrected chi connectivity index (χ0v) is 34.8. The van der Waals surface area contributed by atoms with Crippen molar-refractivity contribution in [2.45, 2.75) is 65.0 Å². The van der Waals surface area contributed by atoms with E-state index in [1.54, 1.807) is 41.1 Å². The van der Waals surface area contributed by atoms with E-state index >= 15 is 0 Å². The maximum absolute atomic E-state index is 13.3. The molecule has 0 radical (unpaired) electrons. The number of anilines is 2. The van der Waals surface area contributed by atoms with Gasteiger partial charge in [0.05, 0.1) is 16.8 Å². The number of rotatable bonds is 9. The molecule has 5 N–H and O–H groups in total. The number of piperazine rings is 1. The van der Waals surface area contributed by atoms with E-state index in [0.717, 1.165) is 26.5 Å². The molecule has 18 heteroatoms. The Kier molecular flexibility index (Phi) is 12.3. The first-order valence-corrected chi connectivity index (χ1v) is 20.7. The number of piperidine rings is 1. The molecule has 0 aliphatic carbocycles. The standard InChI is InChI=1S/C42H43ClN10O6S/c1-23-24(2)60-42-35(23)37(26-10-12-27(43)13-11-26)47-30(38(45)52(42)25(3)44)14-17-34(56)50-19-21-51(22-20-50)49-33(55)9-4-5-18-46-29-8-6-7-28-36(29)41(59)53(40(28)58)31-15-16-32(54)48-39(31)57/h6-8,10-13,30-31,44-46H,4-5,9,15-16,18-22H2,1-3H3,(H,49,55)(H,48,54,57)/t30-,31-/m0/s1. The van der Waals surface area contributed by atoms with Gasteiger partial charge in [0, 0.05) is 72.3 Å². The summed E-state index contributed by atoms with van der Waals surface area (Å²) in [5.41, 5.74) is 6.92. The second-order valence-corrected chi connectivity index (χ2v) is 16.4. The third-order valence-corrected chi connectivity index (χ3v) is 12.2. The van der Waals surface area contributed by atoms with Crippen molar-refractivity contribution in [2.75, 3.05) is 42.9 Å². The van der Waals surface area contributed by atoms with Gasteiger partial charge in [-0.1, -0.05) is 35.7 Å². The van der Waals surface area contributed by atoms with Crippen LogP contribution in [-0.2, 0) is 19.2 Å². The Bertz CT molecular complexity index is 2430. The van der Waals surface area contributed by atoms with Gasteiger partial charge in [-0.25, -0.2) is 5.01 Å². The first-order valence-electron chi connectivity index (χ1n) is 19.5. The Balaban J connectivity index is 0.898. The second-order valence-electron chi connectivity index (χ2n) is 14.8. The molecular weight excluding hydrogens is 808 g/mol. The Morgan fingerprint density at radius 1 is 1.00 bits per heavy atom.